The Kier molecular flexibility index (Phi) is 4.27. The molecule has 2 aliphatic carbocycles. The van der Waals surface area contributed by atoms with E-state index in [4.69, 9.17) is 0 Å². The van der Waals surface area contributed by atoms with E-state index in [1.54, 1.807) is 4.90 Å². The molecule has 2 saturated carbocycles. The summed E-state index contributed by atoms with van der Waals surface area (Å²) in [6, 6.07) is 0.935. The van der Waals surface area contributed by atoms with Crippen LogP contribution in [0.15, 0.2) is 0 Å². The molecule has 0 N–H and O–H groups in total. The molecule has 0 radical (unpaired) electrons. The molecule has 0 atom stereocenters. The molecule has 112 valence electrons. The molecule has 3 rings (SSSR count). The molecule has 3 aliphatic rings. The molecule has 1 aliphatic heterocycles. The molecule has 0 aromatic rings. The SMILES string of the molecule is O=C1CCCCCN1CC(=O)N(C1CCCC1)C1CC1. The number of hydrogen-bond acceptors (Lipinski definition) is 2. The van der Waals surface area contributed by atoms with Crippen molar-refractivity contribution >= 4 is 11.8 Å². The first-order valence-corrected chi connectivity index (χ1v) is 8.34. The molecule has 4 nitrogen and oxygen atoms in total. The maximum Gasteiger partial charge on any atom is 0.242 e. The van der Waals surface area contributed by atoms with Gasteiger partial charge in [0.15, 0.2) is 0 Å². The van der Waals surface area contributed by atoms with Crippen LogP contribution in [-0.2, 0) is 9.59 Å². The Labute approximate surface area is 121 Å². The monoisotopic (exact) mass is 278 g/mol. The van der Waals surface area contributed by atoms with Gasteiger partial charge in [-0.15, -0.1) is 0 Å². The van der Waals surface area contributed by atoms with Crippen molar-refractivity contribution in [2.24, 2.45) is 0 Å². The molecule has 4 heteroatoms. The number of carbonyl (C=O) groups excluding carboxylic acids is 2. The zero-order valence-corrected chi connectivity index (χ0v) is 12.4. The number of likely N-dealkylation sites (tertiary alicyclic amines) is 1. The largest absolute Gasteiger partial charge is 0.335 e. The van der Waals surface area contributed by atoms with Gasteiger partial charge in [-0.3, -0.25) is 9.59 Å². The average molecular weight is 278 g/mol. The number of hydrogen-bond donors (Lipinski definition) is 0. The summed E-state index contributed by atoms with van der Waals surface area (Å²) in [7, 11) is 0. The Hall–Kier alpha value is -1.06. The molecule has 1 heterocycles. The van der Waals surface area contributed by atoms with Crippen molar-refractivity contribution < 1.29 is 9.59 Å². The lowest BCUT2D eigenvalue weighted by atomic mass is 10.2. The minimum atomic E-state index is 0.179. The number of rotatable bonds is 4. The van der Waals surface area contributed by atoms with E-state index >= 15 is 0 Å². The third-order valence-electron chi connectivity index (χ3n) is 4.94. The molecule has 0 aromatic carbocycles. The lowest BCUT2D eigenvalue weighted by Gasteiger charge is -2.31. The van der Waals surface area contributed by atoms with Gasteiger partial charge in [0.05, 0.1) is 6.54 Å². The van der Waals surface area contributed by atoms with Gasteiger partial charge in [0.25, 0.3) is 0 Å². The molecular weight excluding hydrogens is 252 g/mol. The van der Waals surface area contributed by atoms with E-state index in [-0.39, 0.29) is 11.8 Å². The van der Waals surface area contributed by atoms with Crippen LogP contribution in [0.25, 0.3) is 0 Å². The van der Waals surface area contributed by atoms with Crippen LogP contribution in [0, 0.1) is 0 Å². The zero-order valence-electron chi connectivity index (χ0n) is 12.4. The van der Waals surface area contributed by atoms with Crippen LogP contribution in [-0.4, -0.2) is 46.8 Å². The van der Waals surface area contributed by atoms with E-state index < -0.39 is 0 Å². The minimum Gasteiger partial charge on any atom is -0.335 e. The summed E-state index contributed by atoms with van der Waals surface area (Å²) >= 11 is 0. The van der Waals surface area contributed by atoms with Gasteiger partial charge in [-0.25, -0.2) is 0 Å². The van der Waals surface area contributed by atoms with Crippen molar-refractivity contribution in [1.29, 1.82) is 0 Å². The molecule has 0 bridgehead atoms. The van der Waals surface area contributed by atoms with Gasteiger partial charge in [-0.2, -0.15) is 0 Å². The second kappa shape index (κ2) is 6.15. The maximum atomic E-state index is 12.7. The van der Waals surface area contributed by atoms with Gasteiger partial charge in [-0.1, -0.05) is 19.3 Å². The Bertz CT molecular complexity index is 373. The van der Waals surface area contributed by atoms with Gasteiger partial charge in [-0.05, 0) is 38.5 Å². The average Bonchev–Trinajstić information content (AvgIpc) is 3.15. The van der Waals surface area contributed by atoms with E-state index in [2.05, 4.69) is 4.90 Å². The summed E-state index contributed by atoms with van der Waals surface area (Å²) in [5, 5.41) is 0. The van der Waals surface area contributed by atoms with Gasteiger partial charge >= 0.3 is 0 Å². The van der Waals surface area contributed by atoms with Crippen LogP contribution in [0.5, 0.6) is 0 Å². The van der Waals surface area contributed by atoms with E-state index in [1.807, 2.05) is 0 Å². The number of carbonyl (C=O) groups is 2. The lowest BCUT2D eigenvalue weighted by molar-refractivity contribution is -0.142. The van der Waals surface area contributed by atoms with Gasteiger partial charge < -0.3 is 9.80 Å². The maximum absolute atomic E-state index is 12.7. The molecular formula is C16H26N2O2. The van der Waals surface area contributed by atoms with Crippen LogP contribution < -0.4 is 0 Å². The summed E-state index contributed by atoms with van der Waals surface area (Å²) in [5.41, 5.74) is 0. The first-order valence-electron chi connectivity index (χ1n) is 8.34. The molecule has 2 amide bonds. The van der Waals surface area contributed by atoms with E-state index in [1.165, 1.54) is 12.8 Å². The third kappa shape index (κ3) is 3.15. The zero-order chi connectivity index (χ0) is 13.9. The summed E-state index contributed by atoms with van der Waals surface area (Å²) < 4.78 is 0. The first-order chi connectivity index (χ1) is 9.75. The van der Waals surface area contributed by atoms with Gasteiger partial charge in [0, 0.05) is 25.0 Å². The van der Waals surface area contributed by atoms with E-state index in [9.17, 15) is 9.59 Å². The molecule has 3 fully saturated rings. The second-order valence-corrected chi connectivity index (χ2v) is 6.60. The molecule has 0 unspecified atom stereocenters. The van der Waals surface area contributed by atoms with Gasteiger partial charge in [0.2, 0.25) is 11.8 Å². The summed E-state index contributed by atoms with van der Waals surface area (Å²) in [6.07, 6.45) is 10.9. The smallest absolute Gasteiger partial charge is 0.242 e. The van der Waals surface area contributed by atoms with Crippen LogP contribution in [0.1, 0.15) is 64.2 Å². The fraction of sp³-hybridized carbons (Fsp3) is 0.875. The highest BCUT2D eigenvalue weighted by Crippen LogP contribution is 2.34. The van der Waals surface area contributed by atoms with E-state index in [0.29, 0.717) is 25.0 Å². The first kappa shape index (κ1) is 13.9. The fourth-order valence-corrected chi connectivity index (χ4v) is 3.69. The standard InChI is InChI=1S/C16H26N2O2/c19-15-8-2-1-5-11-17(15)12-16(20)18(14-9-10-14)13-6-3-4-7-13/h13-14H,1-12H2. The van der Waals surface area contributed by atoms with Crippen LogP contribution in [0.2, 0.25) is 0 Å². The van der Waals surface area contributed by atoms with Crippen molar-refractivity contribution in [3.63, 3.8) is 0 Å². The topological polar surface area (TPSA) is 40.6 Å². The lowest BCUT2D eigenvalue weighted by Crippen LogP contribution is -2.47. The highest BCUT2D eigenvalue weighted by molar-refractivity contribution is 5.85. The summed E-state index contributed by atoms with van der Waals surface area (Å²) in [6.45, 7) is 1.10. The Morgan fingerprint density at radius 1 is 1.00 bits per heavy atom. The van der Waals surface area contributed by atoms with Crippen molar-refractivity contribution in [3.05, 3.63) is 0 Å². The molecule has 1 saturated heterocycles. The molecule has 0 spiro atoms. The van der Waals surface area contributed by atoms with Crippen molar-refractivity contribution in [3.8, 4) is 0 Å². The van der Waals surface area contributed by atoms with Crippen molar-refractivity contribution in [2.75, 3.05) is 13.1 Å². The van der Waals surface area contributed by atoms with E-state index in [0.717, 1.165) is 51.5 Å². The Balaban J connectivity index is 1.62. The highest BCUT2D eigenvalue weighted by Gasteiger charge is 2.38. The second-order valence-electron chi connectivity index (χ2n) is 6.60. The third-order valence-corrected chi connectivity index (χ3v) is 4.94. The Morgan fingerprint density at radius 3 is 2.40 bits per heavy atom. The highest BCUT2D eigenvalue weighted by atomic mass is 16.2. The predicted octanol–water partition coefficient (Wildman–Crippen LogP) is 2.32. The van der Waals surface area contributed by atoms with Crippen LogP contribution in [0.4, 0.5) is 0 Å². The molecule has 0 aromatic heterocycles. The summed E-state index contributed by atoms with van der Waals surface area (Å²) in [5.74, 6) is 0.382. The summed E-state index contributed by atoms with van der Waals surface area (Å²) in [4.78, 5) is 28.7. The van der Waals surface area contributed by atoms with Crippen LogP contribution >= 0.6 is 0 Å². The Morgan fingerprint density at radius 2 is 1.70 bits per heavy atom. The fourth-order valence-electron chi connectivity index (χ4n) is 3.69. The number of nitrogens with zero attached hydrogens (tertiary/aromatic N) is 2. The van der Waals surface area contributed by atoms with Gasteiger partial charge in [0.1, 0.15) is 0 Å². The predicted molar refractivity (Wildman–Crippen MR) is 77.2 cm³/mol. The van der Waals surface area contributed by atoms with Crippen LogP contribution in [0.3, 0.4) is 0 Å². The minimum absolute atomic E-state index is 0.179. The number of amides is 2. The quantitative estimate of drug-likeness (QED) is 0.792. The van der Waals surface area contributed by atoms with Crippen molar-refractivity contribution in [1.82, 2.24) is 9.80 Å². The molecule has 20 heavy (non-hydrogen) atoms. The van der Waals surface area contributed by atoms with Crippen molar-refractivity contribution in [2.45, 2.75) is 76.3 Å². The normalized spacial score (nSPS) is 24.8.